The SMILES string of the molecule is Cc1nn(C)c(CC(=O)C2CCc3ccccc3C2)c1Cl. The first-order valence-electron chi connectivity index (χ1n) is 7.33. The lowest BCUT2D eigenvalue weighted by molar-refractivity contribution is -0.122. The Morgan fingerprint density at radius 1 is 1.38 bits per heavy atom. The van der Waals surface area contributed by atoms with E-state index < -0.39 is 0 Å². The van der Waals surface area contributed by atoms with Crippen LogP contribution in [0.1, 0.15) is 28.9 Å². The number of rotatable bonds is 3. The van der Waals surface area contributed by atoms with E-state index in [1.807, 2.05) is 20.0 Å². The third-order valence-corrected chi connectivity index (χ3v) is 4.90. The van der Waals surface area contributed by atoms with Crippen LogP contribution in [0.5, 0.6) is 0 Å². The molecule has 1 heterocycles. The fourth-order valence-electron chi connectivity index (χ4n) is 3.15. The van der Waals surface area contributed by atoms with Crippen LogP contribution in [0.15, 0.2) is 24.3 Å². The number of fused-ring (bicyclic) bond motifs is 1. The van der Waals surface area contributed by atoms with E-state index in [1.54, 1.807) is 4.68 Å². The molecular formula is C17H19ClN2O. The lowest BCUT2D eigenvalue weighted by Crippen LogP contribution is -2.25. The van der Waals surface area contributed by atoms with Crippen molar-refractivity contribution in [2.45, 2.75) is 32.6 Å². The molecule has 0 spiro atoms. The number of Topliss-reactive ketones (excluding diaryl/α,β-unsaturated/α-hetero) is 1. The molecule has 1 atom stereocenters. The lowest BCUT2D eigenvalue weighted by Gasteiger charge is -2.23. The van der Waals surface area contributed by atoms with Crippen LogP contribution in [-0.2, 0) is 31.1 Å². The van der Waals surface area contributed by atoms with E-state index in [1.165, 1.54) is 11.1 Å². The molecule has 3 rings (SSSR count). The van der Waals surface area contributed by atoms with Gasteiger partial charge >= 0.3 is 0 Å². The molecule has 110 valence electrons. The number of benzene rings is 1. The molecule has 0 saturated heterocycles. The number of carbonyl (C=O) groups excluding carboxylic acids is 1. The van der Waals surface area contributed by atoms with Crippen molar-refractivity contribution >= 4 is 17.4 Å². The highest BCUT2D eigenvalue weighted by molar-refractivity contribution is 6.32. The van der Waals surface area contributed by atoms with Gasteiger partial charge in [-0.2, -0.15) is 5.10 Å². The number of aromatic nitrogens is 2. The molecule has 0 bridgehead atoms. The Morgan fingerprint density at radius 2 is 2.10 bits per heavy atom. The van der Waals surface area contributed by atoms with Gasteiger partial charge in [0.15, 0.2) is 0 Å². The maximum absolute atomic E-state index is 12.6. The predicted molar refractivity (Wildman–Crippen MR) is 83.6 cm³/mol. The Kier molecular flexibility index (Phi) is 3.85. The third kappa shape index (κ3) is 2.75. The molecule has 2 aromatic rings. The monoisotopic (exact) mass is 302 g/mol. The van der Waals surface area contributed by atoms with Crippen molar-refractivity contribution in [1.29, 1.82) is 0 Å². The minimum atomic E-state index is 0.103. The Balaban J connectivity index is 1.75. The Morgan fingerprint density at radius 3 is 2.76 bits per heavy atom. The van der Waals surface area contributed by atoms with Gasteiger partial charge in [-0.05, 0) is 37.3 Å². The van der Waals surface area contributed by atoms with Crippen LogP contribution in [0.25, 0.3) is 0 Å². The molecule has 1 unspecified atom stereocenters. The van der Waals surface area contributed by atoms with Gasteiger partial charge < -0.3 is 0 Å². The van der Waals surface area contributed by atoms with Gasteiger partial charge in [0.25, 0.3) is 0 Å². The fourth-order valence-corrected chi connectivity index (χ4v) is 3.38. The molecule has 1 aliphatic carbocycles. The summed E-state index contributed by atoms with van der Waals surface area (Å²) in [6.45, 7) is 1.87. The summed E-state index contributed by atoms with van der Waals surface area (Å²) in [7, 11) is 1.84. The molecule has 4 heteroatoms. The van der Waals surface area contributed by atoms with Crippen LogP contribution < -0.4 is 0 Å². The normalized spacial score (nSPS) is 17.6. The molecule has 0 saturated carbocycles. The van der Waals surface area contributed by atoms with E-state index in [0.717, 1.165) is 30.7 Å². The topological polar surface area (TPSA) is 34.9 Å². The van der Waals surface area contributed by atoms with Gasteiger partial charge in [0.2, 0.25) is 0 Å². The van der Waals surface area contributed by atoms with Gasteiger partial charge in [-0.25, -0.2) is 0 Å². The average molecular weight is 303 g/mol. The standard InChI is InChI=1S/C17H19ClN2O/c1-11-17(18)15(20(2)19-11)10-16(21)14-8-7-12-5-3-4-6-13(12)9-14/h3-6,14H,7-10H2,1-2H3. The van der Waals surface area contributed by atoms with Gasteiger partial charge in [0, 0.05) is 13.0 Å². The highest BCUT2D eigenvalue weighted by Crippen LogP contribution is 2.28. The van der Waals surface area contributed by atoms with Crippen LogP contribution in [0.2, 0.25) is 5.02 Å². The molecule has 0 N–H and O–H groups in total. The zero-order valence-corrected chi connectivity index (χ0v) is 13.2. The zero-order chi connectivity index (χ0) is 15.0. The first kappa shape index (κ1) is 14.3. The van der Waals surface area contributed by atoms with Crippen LogP contribution in [0.3, 0.4) is 0 Å². The van der Waals surface area contributed by atoms with E-state index in [0.29, 0.717) is 11.4 Å². The second-order valence-electron chi connectivity index (χ2n) is 5.82. The molecule has 1 aromatic heterocycles. The second-order valence-corrected chi connectivity index (χ2v) is 6.20. The van der Waals surface area contributed by atoms with Gasteiger partial charge in [-0.3, -0.25) is 9.48 Å². The highest BCUT2D eigenvalue weighted by Gasteiger charge is 2.26. The fraction of sp³-hybridized carbons (Fsp3) is 0.412. The van der Waals surface area contributed by atoms with Gasteiger partial charge in [-0.1, -0.05) is 35.9 Å². The van der Waals surface area contributed by atoms with Crippen molar-refractivity contribution in [3.8, 4) is 0 Å². The first-order chi connectivity index (χ1) is 10.1. The van der Waals surface area contributed by atoms with E-state index in [9.17, 15) is 4.79 Å². The predicted octanol–water partition coefficient (Wildman–Crippen LogP) is 3.30. The highest BCUT2D eigenvalue weighted by atomic mass is 35.5. The third-order valence-electron chi connectivity index (χ3n) is 4.41. The summed E-state index contributed by atoms with van der Waals surface area (Å²) in [6, 6.07) is 8.42. The molecule has 1 aliphatic rings. The quantitative estimate of drug-likeness (QED) is 0.872. The molecule has 0 amide bonds. The molecule has 21 heavy (non-hydrogen) atoms. The van der Waals surface area contributed by atoms with Crippen molar-refractivity contribution in [3.05, 3.63) is 51.8 Å². The molecule has 0 fully saturated rings. The smallest absolute Gasteiger partial charge is 0.142 e. The number of hydrogen-bond donors (Lipinski definition) is 0. The lowest BCUT2D eigenvalue weighted by atomic mass is 9.81. The summed E-state index contributed by atoms with van der Waals surface area (Å²) < 4.78 is 1.73. The van der Waals surface area contributed by atoms with Crippen LogP contribution in [0.4, 0.5) is 0 Å². The Labute approximate surface area is 129 Å². The molecule has 0 radical (unpaired) electrons. The van der Waals surface area contributed by atoms with E-state index >= 15 is 0 Å². The summed E-state index contributed by atoms with van der Waals surface area (Å²) in [6.07, 6.45) is 3.15. The summed E-state index contributed by atoms with van der Waals surface area (Å²) in [5.41, 5.74) is 4.32. The molecule has 3 nitrogen and oxygen atoms in total. The number of nitrogens with zero attached hydrogens (tertiary/aromatic N) is 2. The number of ketones is 1. The van der Waals surface area contributed by atoms with Crippen molar-refractivity contribution in [3.63, 3.8) is 0 Å². The Bertz CT molecular complexity index is 690. The summed E-state index contributed by atoms with van der Waals surface area (Å²) in [5, 5.41) is 4.90. The first-order valence-corrected chi connectivity index (χ1v) is 7.71. The van der Waals surface area contributed by atoms with Crippen LogP contribution in [-0.4, -0.2) is 15.6 Å². The van der Waals surface area contributed by atoms with Crippen LogP contribution >= 0.6 is 11.6 Å². The average Bonchev–Trinajstić information content (AvgIpc) is 2.73. The van der Waals surface area contributed by atoms with Gasteiger partial charge in [0.05, 0.1) is 22.8 Å². The van der Waals surface area contributed by atoms with Gasteiger partial charge in [-0.15, -0.1) is 0 Å². The Hall–Kier alpha value is -1.61. The van der Waals surface area contributed by atoms with Crippen molar-refractivity contribution in [2.24, 2.45) is 13.0 Å². The minimum Gasteiger partial charge on any atom is -0.299 e. The maximum Gasteiger partial charge on any atom is 0.142 e. The number of aryl methyl sites for hydroxylation is 3. The zero-order valence-electron chi connectivity index (χ0n) is 12.4. The number of carbonyl (C=O) groups is 1. The van der Waals surface area contributed by atoms with Gasteiger partial charge in [0.1, 0.15) is 5.78 Å². The molecular weight excluding hydrogens is 284 g/mol. The van der Waals surface area contributed by atoms with E-state index in [-0.39, 0.29) is 11.7 Å². The van der Waals surface area contributed by atoms with Crippen molar-refractivity contribution < 1.29 is 4.79 Å². The van der Waals surface area contributed by atoms with Crippen molar-refractivity contribution in [1.82, 2.24) is 9.78 Å². The second kappa shape index (κ2) is 5.64. The maximum atomic E-state index is 12.6. The molecule has 0 aliphatic heterocycles. The summed E-state index contributed by atoms with van der Waals surface area (Å²) >= 11 is 6.24. The summed E-state index contributed by atoms with van der Waals surface area (Å²) in [4.78, 5) is 12.6. The molecule has 1 aromatic carbocycles. The minimum absolute atomic E-state index is 0.103. The summed E-state index contributed by atoms with van der Waals surface area (Å²) in [5.74, 6) is 0.376. The largest absolute Gasteiger partial charge is 0.299 e. The van der Waals surface area contributed by atoms with Crippen molar-refractivity contribution in [2.75, 3.05) is 0 Å². The number of halogens is 1. The van der Waals surface area contributed by atoms with Crippen LogP contribution in [0, 0.1) is 12.8 Å². The number of hydrogen-bond acceptors (Lipinski definition) is 2. The van der Waals surface area contributed by atoms with E-state index in [2.05, 4.69) is 23.3 Å². The van der Waals surface area contributed by atoms with E-state index in [4.69, 9.17) is 11.6 Å².